The van der Waals surface area contributed by atoms with Crippen LogP contribution in [0.4, 0.5) is 4.39 Å². The number of aromatic nitrogens is 1. The SMILES string of the molecule is NC1CC1NS(=O)(=O)c1cncc(F)c1. The van der Waals surface area contributed by atoms with Crippen LogP contribution >= 0.6 is 0 Å². The second-order valence-electron chi connectivity index (χ2n) is 3.47. The quantitative estimate of drug-likeness (QED) is 0.741. The first-order valence-corrected chi connectivity index (χ1v) is 5.86. The first-order valence-electron chi connectivity index (χ1n) is 4.37. The van der Waals surface area contributed by atoms with E-state index in [0.717, 1.165) is 18.5 Å². The molecule has 5 nitrogen and oxygen atoms in total. The van der Waals surface area contributed by atoms with Gasteiger partial charge >= 0.3 is 0 Å². The fourth-order valence-corrected chi connectivity index (χ4v) is 2.43. The first kappa shape index (κ1) is 10.5. The van der Waals surface area contributed by atoms with Gasteiger partial charge in [-0.05, 0) is 12.5 Å². The lowest BCUT2D eigenvalue weighted by atomic mass is 10.5. The molecule has 1 aliphatic rings. The van der Waals surface area contributed by atoms with E-state index in [1.165, 1.54) is 0 Å². The lowest BCUT2D eigenvalue weighted by Crippen LogP contribution is -2.29. The smallest absolute Gasteiger partial charge is 0.242 e. The average molecular weight is 231 g/mol. The zero-order chi connectivity index (χ0) is 11.1. The Hall–Kier alpha value is -1.05. The Bertz CT molecular complexity index is 477. The van der Waals surface area contributed by atoms with Gasteiger partial charge in [-0.25, -0.2) is 17.5 Å². The van der Waals surface area contributed by atoms with Gasteiger partial charge in [0.1, 0.15) is 10.7 Å². The molecule has 0 bridgehead atoms. The lowest BCUT2D eigenvalue weighted by molar-refractivity contribution is 0.574. The van der Waals surface area contributed by atoms with Crippen molar-refractivity contribution < 1.29 is 12.8 Å². The highest BCUT2D eigenvalue weighted by Gasteiger charge is 2.37. The van der Waals surface area contributed by atoms with E-state index < -0.39 is 15.8 Å². The second kappa shape index (κ2) is 3.51. The molecule has 2 atom stereocenters. The Labute approximate surface area is 86.6 Å². The molecule has 1 fully saturated rings. The highest BCUT2D eigenvalue weighted by atomic mass is 32.2. The van der Waals surface area contributed by atoms with E-state index in [1.807, 2.05) is 0 Å². The minimum atomic E-state index is -3.68. The molecule has 15 heavy (non-hydrogen) atoms. The van der Waals surface area contributed by atoms with Gasteiger partial charge in [0.15, 0.2) is 0 Å². The van der Waals surface area contributed by atoms with Gasteiger partial charge in [0, 0.05) is 18.3 Å². The molecule has 82 valence electrons. The number of nitrogens with zero attached hydrogens (tertiary/aromatic N) is 1. The van der Waals surface area contributed by atoms with Crippen molar-refractivity contribution >= 4 is 10.0 Å². The molecular weight excluding hydrogens is 221 g/mol. The molecule has 0 saturated heterocycles. The van der Waals surface area contributed by atoms with Crippen molar-refractivity contribution in [3.63, 3.8) is 0 Å². The Morgan fingerprint density at radius 3 is 2.73 bits per heavy atom. The Balaban J connectivity index is 2.21. The minimum Gasteiger partial charge on any atom is -0.326 e. The normalized spacial score (nSPS) is 25.2. The van der Waals surface area contributed by atoms with Crippen LogP contribution in [0, 0.1) is 5.82 Å². The zero-order valence-electron chi connectivity index (χ0n) is 7.72. The molecule has 0 aromatic carbocycles. The van der Waals surface area contributed by atoms with E-state index in [0.29, 0.717) is 6.42 Å². The highest BCUT2D eigenvalue weighted by Crippen LogP contribution is 2.21. The predicted octanol–water partition coefficient (Wildman–Crippen LogP) is -0.401. The van der Waals surface area contributed by atoms with Crippen molar-refractivity contribution in [1.29, 1.82) is 0 Å². The van der Waals surface area contributed by atoms with Gasteiger partial charge in [-0.3, -0.25) is 4.98 Å². The number of nitrogens with two attached hydrogens (primary N) is 1. The van der Waals surface area contributed by atoms with Gasteiger partial charge in [0.2, 0.25) is 10.0 Å². The second-order valence-corrected chi connectivity index (χ2v) is 5.18. The van der Waals surface area contributed by atoms with Crippen LogP contribution in [0.3, 0.4) is 0 Å². The standard InChI is InChI=1S/C8H10FN3O2S/c9-5-1-6(4-11-3-5)15(13,14)12-8-2-7(8)10/h1,3-4,7-8,12H,2,10H2. The number of hydrogen-bond acceptors (Lipinski definition) is 4. The third-order valence-corrected chi connectivity index (χ3v) is 3.59. The Kier molecular flexibility index (Phi) is 2.45. The van der Waals surface area contributed by atoms with E-state index in [-0.39, 0.29) is 17.0 Å². The summed E-state index contributed by atoms with van der Waals surface area (Å²) in [5, 5.41) is 0. The van der Waals surface area contributed by atoms with E-state index in [1.54, 1.807) is 0 Å². The van der Waals surface area contributed by atoms with Crippen LogP contribution in [0.2, 0.25) is 0 Å². The topological polar surface area (TPSA) is 85.1 Å². The zero-order valence-corrected chi connectivity index (χ0v) is 8.54. The molecule has 3 N–H and O–H groups in total. The summed E-state index contributed by atoms with van der Waals surface area (Å²) < 4.78 is 38.3. The molecule has 1 aliphatic carbocycles. The molecule has 1 heterocycles. The molecule has 0 aliphatic heterocycles. The molecule has 1 aromatic rings. The van der Waals surface area contributed by atoms with Crippen LogP contribution in [0.25, 0.3) is 0 Å². The van der Waals surface area contributed by atoms with Crippen molar-refractivity contribution in [2.75, 3.05) is 0 Å². The maximum absolute atomic E-state index is 12.7. The van der Waals surface area contributed by atoms with Gasteiger partial charge in [-0.1, -0.05) is 0 Å². The molecule has 0 radical (unpaired) electrons. The van der Waals surface area contributed by atoms with Gasteiger partial charge in [0.25, 0.3) is 0 Å². The largest absolute Gasteiger partial charge is 0.326 e. The van der Waals surface area contributed by atoms with Gasteiger partial charge in [-0.2, -0.15) is 0 Å². The summed E-state index contributed by atoms with van der Waals surface area (Å²) in [7, 11) is -3.68. The number of sulfonamides is 1. The van der Waals surface area contributed by atoms with Gasteiger partial charge in [-0.15, -0.1) is 0 Å². The van der Waals surface area contributed by atoms with Crippen LogP contribution in [-0.2, 0) is 10.0 Å². The fraction of sp³-hybridized carbons (Fsp3) is 0.375. The summed E-state index contributed by atoms with van der Waals surface area (Å²) in [6, 6.07) is 0.544. The number of nitrogens with one attached hydrogen (secondary N) is 1. The molecule has 2 rings (SSSR count). The molecule has 7 heteroatoms. The fourth-order valence-electron chi connectivity index (χ4n) is 1.16. The maximum Gasteiger partial charge on any atom is 0.242 e. The van der Waals surface area contributed by atoms with Crippen molar-refractivity contribution in [1.82, 2.24) is 9.71 Å². The summed E-state index contributed by atoms with van der Waals surface area (Å²) in [6.07, 6.45) is 2.66. The minimum absolute atomic E-state index is 0.138. The summed E-state index contributed by atoms with van der Waals surface area (Å²) in [4.78, 5) is 3.29. The molecular formula is C8H10FN3O2S. The van der Waals surface area contributed by atoms with Crippen molar-refractivity contribution in [3.8, 4) is 0 Å². The molecule has 2 unspecified atom stereocenters. The number of pyridine rings is 1. The van der Waals surface area contributed by atoms with Crippen molar-refractivity contribution in [2.24, 2.45) is 5.73 Å². The maximum atomic E-state index is 12.7. The van der Waals surface area contributed by atoms with E-state index in [2.05, 4.69) is 9.71 Å². The number of rotatable bonds is 3. The summed E-state index contributed by atoms with van der Waals surface area (Å²) >= 11 is 0. The van der Waals surface area contributed by atoms with E-state index in [4.69, 9.17) is 5.73 Å². The summed E-state index contributed by atoms with van der Waals surface area (Å²) in [6.45, 7) is 0. The van der Waals surface area contributed by atoms with E-state index in [9.17, 15) is 12.8 Å². The van der Waals surface area contributed by atoms with Gasteiger partial charge in [0.05, 0.1) is 6.20 Å². The number of hydrogen-bond donors (Lipinski definition) is 2. The number of halogens is 1. The summed E-state index contributed by atoms with van der Waals surface area (Å²) in [5.74, 6) is -0.682. The molecule has 0 amide bonds. The molecule has 1 aromatic heterocycles. The predicted molar refractivity (Wildman–Crippen MR) is 50.9 cm³/mol. The van der Waals surface area contributed by atoms with Crippen LogP contribution < -0.4 is 10.5 Å². The van der Waals surface area contributed by atoms with Crippen molar-refractivity contribution in [2.45, 2.75) is 23.4 Å². The Morgan fingerprint density at radius 2 is 2.20 bits per heavy atom. The molecule has 1 saturated carbocycles. The lowest BCUT2D eigenvalue weighted by Gasteiger charge is -2.04. The van der Waals surface area contributed by atoms with Crippen molar-refractivity contribution in [3.05, 3.63) is 24.3 Å². The van der Waals surface area contributed by atoms with E-state index >= 15 is 0 Å². The average Bonchev–Trinajstić information content (AvgIpc) is 2.80. The summed E-state index contributed by atoms with van der Waals surface area (Å²) in [5.41, 5.74) is 5.46. The third-order valence-electron chi connectivity index (χ3n) is 2.14. The first-order chi connectivity index (χ1) is 6.99. The van der Waals surface area contributed by atoms with Crippen LogP contribution in [0.15, 0.2) is 23.4 Å². The monoisotopic (exact) mass is 231 g/mol. The van der Waals surface area contributed by atoms with Crippen LogP contribution in [-0.4, -0.2) is 25.5 Å². The highest BCUT2D eigenvalue weighted by molar-refractivity contribution is 7.89. The molecule has 0 spiro atoms. The van der Waals surface area contributed by atoms with Crippen LogP contribution in [0.1, 0.15) is 6.42 Å². The van der Waals surface area contributed by atoms with Gasteiger partial charge < -0.3 is 5.73 Å². The Morgan fingerprint density at radius 1 is 1.53 bits per heavy atom. The third kappa shape index (κ3) is 2.31. The van der Waals surface area contributed by atoms with Crippen LogP contribution in [0.5, 0.6) is 0 Å².